The lowest BCUT2D eigenvalue weighted by Crippen LogP contribution is -2.14. The first-order valence-electron chi connectivity index (χ1n) is 5.46. The average Bonchev–Trinajstić information content (AvgIpc) is 2.29. The fraction of sp³-hybridized carbons (Fsp3) is 0.462. The summed E-state index contributed by atoms with van der Waals surface area (Å²) in [7, 11) is 3.17. The van der Waals surface area contributed by atoms with Crippen LogP contribution in [0.4, 0.5) is 0 Å². The first kappa shape index (κ1) is 11.0. The number of hydrogen-bond acceptors (Lipinski definition) is 3. The molecule has 0 spiro atoms. The van der Waals surface area contributed by atoms with Crippen LogP contribution in [0.3, 0.4) is 0 Å². The average molecular weight is 220 g/mol. The number of fused-ring (bicyclic) bond motifs is 1. The van der Waals surface area contributed by atoms with E-state index < -0.39 is 0 Å². The molecule has 2 rings (SSSR count). The maximum atomic E-state index is 12.0. The molecule has 0 aromatic heterocycles. The third kappa shape index (κ3) is 1.56. The number of carbonyl (C=O) groups excluding carboxylic acids is 1. The van der Waals surface area contributed by atoms with E-state index in [4.69, 9.17) is 9.47 Å². The van der Waals surface area contributed by atoms with Gasteiger partial charge in [-0.3, -0.25) is 4.79 Å². The van der Waals surface area contributed by atoms with E-state index in [1.54, 1.807) is 14.2 Å². The predicted molar refractivity (Wildman–Crippen MR) is 61.6 cm³/mol. The van der Waals surface area contributed by atoms with Gasteiger partial charge in [-0.2, -0.15) is 0 Å². The molecule has 0 atom stereocenters. The Morgan fingerprint density at radius 2 is 1.94 bits per heavy atom. The Balaban J connectivity index is 2.70. The van der Waals surface area contributed by atoms with E-state index in [9.17, 15) is 4.79 Å². The molecular weight excluding hydrogens is 204 g/mol. The van der Waals surface area contributed by atoms with Crippen molar-refractivity contribution >= 4 is 5.78 Å². The SMILES string of the molecule is COc1cc(C)c2c(c1OC)C(=O)CCC2. The summed E-state index contributed by atoms with van der Waals surface area (Å²) in [6.07, 6.45) is 2.49. The van der Waals surface area contributed by atoms with Crippen LogP contribution in [-0.4, -0.2) is 20.0 Å². The molecule has 0 fully saturated rings. The Hall–Kier alpha value is -1.51. The van der Waals surface area contributed by atoms with Crippen LogP contribution in [0.2, 0.25) is 0 Å². The van der Waals surface area contributed by atoms with Crippen molar-refractivity contribution in [2.24, 2.45) is 0 Å². The molecule has 0 unspecified atom stereocenters. The number of benzene rings is 1. The molecule has 1 aromatic carbocycles. The van der Waals surface area contributed by atoms with Gasteiger partial charge >= 0.3 is 0 Å². The van der Waals surface area contributed by atoms with Crippen molar-refractivity contribution in [3.63, 3.8) is 0 Å². The maximum absolute atomic E-state index is 12.0. The van der Waals surface area contributed by atoms with Crippen LogP contribution in [-0.2, 0) is 6.42 Å². The van der Waals surface area contributed by atoms with E-state index in [0.29, 0.717) is 17.9 Å². The summed E-state index contributed by atoms with van der Waals surface area (Å²) in [5.41, 5.74) is 2.96. The first-order chi connectivity index (χ1) is 7.69. The summed E-state index contributed by atoms with van der Waals surface area (Å²) < 4.78 is 10.6. The molecule has 0 amide bonds. The predicted octanol–water partition coefficient (Wildman–Crippen LogP) is 2.53. The fourth-order valence-electron chi connectivity index (χ4n) is 2.33. The van der Waals surface area contributed by atoms with Crippen molar-refractivity contribution in [1.82, 2.24) is 0 Å². The van der Waals surface area contributed by atoms with Gasteiger partial charge in [0.1, 0.15) is 0 Å². The van der Waals surface area contributed by atoms with Gasteiger partial charge in [0.15, 0.2) is 17.3 Å². The van der Waals surface area contributed by atoms with Gasteiger partial charge in [0, 0.05) is 6.42 Å². The zero-order valence-electron chi connectivity index (χ0n) is 9.92. The van der Waals surface area contributed by atoms with Gasteiger partial charge in [0.05, 0.1) is 19.8 Å². The van der Waals surface area contributed by atoms with Crippen molar-refractivity contribution in [3.05, 3.63) is 22.8 Å². The van der Waals surface area contributed by atoms with Crippen LogP contribution < -0.4 is 9.47 Å². The van der Waals surface area contributed by atoms with Crippen molar-refractivity contribution in [1.29, 1.82) is 0 Å². The molecular formula is C13H16O3. The Labute approximate surface area is 95.4 Å². The highest BCUT2D eigenvalue weighted by Gasteiger charge is 2.26. The highest BCUT2D eigenvalue weighted by atomic mass is 16.5. The van der Waals surface area contributed by atoms with E-state index in [0.717, 1.165) is 29.5 Å². The Morgan fingerprint density at radius 1 is 1.19 bits per heavy atom. The van der Waals surface area contributed by atoms with Crippen LogP contribution in [0.1, 0.15) is 34.3 Å². The molecule has 0 radical (unpaired) electrons. The Bertz CT molecular complexity index is 435. The second-order valence-electron chi connectivity index (χ2n) is 4.06. The fourth-order valence-corrected chi connectivity index (χ4v) is 2.33. The van der Waals surface area contributed by atoms with Gasteiger partial charge in [0.25, 0.3) is 0 Å². The highest BCUT2D eigenvalue weighted by molar-refractivity contribution is 6.02. The number of aryl methyl sites for hydroxylation is 1. The van der Waals surface area contributed by atoms with E-state index in [1.807, 2.05) is 13.0 Å². The summed E-state index contributed by atoms with van der Waals surface area (Å²) in [4.78, 5) is 12.0. The zero-order valence-corrected chi connectivity index (χ0v) is 9.92. The Kier molecular flexibility index (Phi) is 2.86. The number of Topliss-reactive ketones (excluding diaryl/α,β-unsaturated/α-hetero) is 1. The van der Waals surface area contributed by atoms with E-state index in [1.165, 1.54) is 0 Å². The third-order valence-electron chi connectivity index (χ3n) is 3.11. The van der Waals surface area contributed by atoms with E-state index in [2.05, 4.69) is 0 Å². The van der Waals surface area contributed by atoms with Crippen molar-refractivity contribution < 1.29 is 14.3 Å². The quantitative estimate of drug-likeness (QED) is 0.768. The van der Waals surface area contributed by atoms with Gasteiger partial charge in [-0.05, 0) is 37.0 Å². The molecule has 1 aliphatic rings. The molecule has 86 valence electrons. The number of methoxy groups -OCH3 is 2. The molecule has 3 nitrogen and oxygen atoms in total. The zero-order chi connectivity index (χ0) is 11.7. The van der Waals surface area contributed by atoms with Gasteiger partial charge < -0.3 is 9.47 Å². The molecule has 3 heteroatoms. The molecule has 0 aliphatic heterocycles. The van der Waals surface area contributed by atoms with Crippen LogP contribution in [0.15, 0.2) is 6.07 Å². The van der Waals surface area contributed by atoms with E-state index >= 15 is 0 Å². The standard InChI is InChI=1S/C13H16O3/c1-8-7-11(15-2)13(16-3)12-9(8)5-4-6-10(12)14/h7H,4-6H2,1-3H3. The second-order valence-corrected chi connectivity index (χ2v) is 4.06. The second kappa shape index (κ2) is 4.16. The molecule has 16 heavy (non-hydrogen) atoms. The minimum atomic E-state index is 0.167. The van der Waals surface area contributed by atoms with Crippen LogP contribution in [0.25, 0.3) is 0 Å². The lowest BCUT2D eigenvalue weighted by molar-refractivity contribution is 0.0968. The first-order valence-corrected chi connectivity index (χ1v) is 5.46. The topological polar surface area (TPSA) is 35.5 Å². The van der Waals surface area contributed by atoms with Crippen molar-refractivity contribution in [3.8, 4) is 11.5 Å². The summed E-state index contributed by atoms with van der Waals surface area (Å²) in [6.45, 7) is 2.01. The molecule has 0 saturated carbocycles. The lowest BCUT2D eigenvalue weighted by atomic mass is 9.86. The number of rotatable bonds is 2. The van der Waals surface area contributed by atoms with E-state index in [-0.39, 0.29) is 5.78 Å². The molecule has 0 bridgehead atoms. The number of hydrogen-bond donors (Lipinski definition) is 0. The highest BCUT2D eigenvalue weighted by Crippen LogP contribution is 2.39. The smallest absolute Gasteiger partial charge is 0.171 e. The number of ketones is 1. The van der Waals surface area contributed by atoms with Gasteiger partial charge in [-0.1, -0.05) is 0 Å². The van der Waals surface area contributed by atoms with Crippen LogP contribution in [0.5, 0.6) is 11.5 Å². The maximum Gasteiger partial charge on any atom is 0.171 e. The van der Waals surface area contributed by atoms with Gasteiger partial charge in [-0.25, -0.2) is 0 Å². The molecule has 1 aromatic rings. The monoisotopic (exact) mass is 220 g/mol. The summed E-state index contributed by atoms with van der Waals surface area (Å²) in [5, 5.41) is 0. The summed E-state index contributed by atoms with van der Waals surface area (Å²) in [6, 6.07) is 1.94. The molecule has 0 saturated heterocycles. The van der Waals surface area contributed by atoms with Crippen LogP contribution >= 0.6 is 0 Å². The summed E-state index contributed by atoms with van der Waals surface area (Å²) in [5.74, 6) is 1.40. The Morgan fingerprint density at radius 3 is 2.56 bits per heavy atom. The van der Waals surface area contributed by atoms with Gasteiger partial charge in [0.2, 0.25) is 0 Å². The summed E-state index contributed by atoms with van der Waals surface area (Å²) >= 11 is 0. The number of carbonyl (C=O) groups is 1. The molecule has 0 heterocycles. The normalized spacial score (nSPS) is 14.6. The van der Waals surface area contributed by atoms with Crippen LogP contribution in [0, 0.1) is 6.92 Å². The lowest BCUT2D eigenvalue weighted by Gasteiger charge is -2.21. The van der Waals surface area contributed by atoms with Gasteiger partial charge in [-0.15, -0.1) is 0 Å². The third-order valence-corrected chi connectivity index (χ3v) is 3.11. The minimum absolute atomic E-state index is 0.167. The number of ether oxygens (including phenoxy) is 2. The largest absolute Gasteiger partial charge is 0.493 e. The van der Waals surface area contributed by atoms with Crippen molar-refractivity contribution in [2.75, 3.05) is 14.2 Å². The molecule has 1 aliphatic carbocycles. The minimum Gasteiger partial charge on any atom is -0.493 e. The van der Waals surface area contributed by atoms with Crippen molar-refractivity contribution in [2.45, 2.75) is 26.2 Å². The molecule has 0 N–H and O–H groups in total.